The number of nitrogens with one attached hydrogen (secondary N) is 1. The van der Waals surface area contributed by atoms with Crippen molar-refractivity contribution in [3.05, 3.63) is 12.7 Å². The SMILES string of the molecule is C=CCC(N)C(=O)NC1(CO)CCCC1. The summed E-state index contributed by atoms with van der Waals surface area (Å²) in [5.41, 5.74) is 5.23. The minimum atomic E-state index is -0.550. The van der Waals surface area contributed by atoms with Crippen LogP contribution in [0.2, 0.25) is 0 Å². The largest absolute Gasteiger partial charge is 0.394 e. The number of rotatable bonds is 5. The van der Waals surface area contributed by atoms with Crippen LogP contribution in [0.4, 0.5) is 0 Å². The minimum Gasteiger partial charge on any atom is -0.394 e. The highest BCUT2D eigenvalue weighted by Crippen LogP contribution is 2.29. The molecule has 1 rings (SSSR count). The fraction of sp³-hybridized carbons (Fsp3) is 0.727. The van der Waals surface area contributed by atoms with Gasteiger partial charge in [-0.25, -0.2) is 0 Å². The molecule has 4 heteroatoms. The van der Waals surface area contributed by atoms with E-state index in [0.29, 0.717) is 6.42 Å². The smallest absolute Gasteiger partial charge is 0.237 e. The molecule has 0 saturated heterocycles. The van der Waals surface area contributed by atoms with Crippen molar-refractivity contribution in [3.63, 3.8) is 0 Å². The molecule has 0 radical (unpaired) electrons. The zero-order chi connectivity index (χ0) is 11.3. The molecule has 0 bridgehead atoms. The van der Waals surface area contributed by atoms with E-state index in [4.69, 9.17) is 5.73 Å². The average molecular weight is 212 g/mol. The summed E-state index contributed by atoms with van der Waals surface area (Å²) in [6.07, 6.45) is 5.89. The maximum absolute atomic E-state index is 11.7. The molecule has 4 N–H and O–H groups in total. The van der Waals surface area contributed by atoms with Crippen molar-refractivity contribution in [3.8, 4) is 0 Å². The van der Waals surface area contributed by atoms with Gasteiger partial charge in [0, 0.05) is 0 Å². The van der Waals surface area contributed by atoms with Gasteiger partial charge in [0.25, 0.3) is 0 Å². The van der Waals surface area contributed by atoms with Crippen molar-refractivity contribution in [2.45, 2.75) is 43.7 Å². The van der Waals surface area contributed by atoms with E-state index in [0.717, 1.165) is 25.7 Å². The van der Waals surface area contributed by atoms with Crippen LogP contribution in [-0.2, 0) is 4.79 Å². The molecular formula is C11H20N2O2. The lowest BCUT2D eigenvalue weighted by molar-refractivity contribution is -0.124. The van der Waals surface area contributed by atoms with Crippen LogP contribution in [0.5, 0.6) is 0 Å². The van der Waals surface area contributed by atoms with E-state index in [-0.39, 0.29) is 12.5 Å². The van der Waals surface area contributed by atoms with Crippen LogP contribution in [-0.4, -0.2) is 29.2 Å². The van der Waals surface area contributed by atoms with Crippen molar-refractivity contribution < 1.29 is 9.90 Å². The Labute approximate surface area is 90.5 Å². The van der Waals surface area contributed by atoms with E-state index < -0.39 is 11.6 Å². The van der Waals surface area contributed by atoms with Gasteiger partial charge in [-0.2, -0.15) is 0 Å². The number of carbonyl (C=O) groups excluding carboxylic acids is 1. The molecule has 0 aliphatic heterocycles. The second-order valence-electron chi connectivity index (χ2n) is 4.27. The highest BCUT2D eigenvalue weighted by molar-refractivity contribution is 5.82. The molecule has 0 heterocycles. The monoisotopic (exact) mass is 212 g/mol. The first kappa shape index (κ1) is 12.2. The van der Waals surface area contributed by atoms with E-state index in [1.54, 1.807) is 6.08 Å². The molecule has 0 aromatic rings. The van der Waals surface area contributed by atoms with E-state index in [1.807, 2.05) is 0 Å². The third-order valence-corrected chi connectivity index (χ3v) is 3.01. The van der Waals surface area contributed by atoms with Gasteiger partial charge in [-0.05, 0) is 19.3 Å². The quantitative estimate of drug-likeness (QED) is 0.574. The second kappa shape index (κ2) is 5.28. The van der Waals surface area contributed by atoms with Crippen molar-refractivity contribution in [2.24, 2.45) is 5.73 Å². The minimum absolute atomic E-state index is 0.000447. The van der Waals surface area contributed by atoms with E-state index in [9.17, 15) is 9.90 Å². The molecular weight excluding hydrogens is 192 g/mol. The topological polar surface area (TPSA) is 75.4 Å². The van der Waals surface area contributed by atoms with Crippen LogP contribution in [0, 0.1) is 0 Å². The Bertz CT molecular complexity index is 235. The van der Waals surface area contributed by atoms with E-state index >= 15 is 0 Å². The molecule has 86 valence electrons. The van der Waals surface area contributed by atoms with Crippen LogP contribution in [0.25, 0.3) is 0 Å². The van der Waals surface area contributed by atoms with Crippen LogP contribution >= 0.6 is 0 Å². The molecule has 1 amide bonds. The molecule has 0 aromatic heterocycles. The van der Waals surface area contributed by atoms with Crippen LogP contribution < -0.4 is 11.1 Å². The van der Waals surface area contributed by atoms with Gasteiger partial charge in [-0.15, -0.1) is 6.58 Å². The number of aliphatic hydroxyl groups excluding tert-OH is 1. The summed E-state index contributed by atoms with van der Waals surface area (Å²) in [5, 5.41) is 12.2. The second-order valence-corrected chi connectivity index (χ2v) is 4.27. The zero-order valence-electron chi connectivity index (χ0n) is 9.04. The van der Waals surface area contributed by atoms with Gasteiger partial charge in [0.1, 0.15) is 0 Å². The number of hydrogen-bond donors (Lipinski definition) is 3. The first-order valence-corrected chi connectivity index (χ1v) is 5.43. The molecule has 15 heavy (non-hydrogen) atoms. The van der Waals surface area contributed by atoms with E-state index in [1.165, 1.54) is 0 Å². The highest BCUT2D eigenvalue weighted by Gasteiger charge is 2.35. The van der Waals surface area contributed by atoms with Gasteiger partial charge in [0.05, 0.1) is 18.2 Å². The Morgan fingerprint density at radius 3 is 2.67 bits per heavy atom. The van der Waals surface area contributed by atoms with Gasteiger partial charge < -0.3 is 16.2 Å². The number of hydrogen-bond acceptors (Lipinski definition) is 3. The van der Waals surface area contributed by atoms with Crippen molar-refractivity contribution in [1.82, 2.24) is 5.32 Å². The van der Waals surface area contributed by atoms with Crippen molar-refractivity contribution in [1.29, 1.82) is 0 Å². The lowest BCUT2D eigenvalue weighted by Gasteiger charge is -2.29. The van der Waals surface area contributed by atoms with Crippen molar-refractivity contribution in [2.75, 3.05) is 6.61 Å². The standard InChI is InChI=1S/C11H20N2O2/c1-2-5-9(12)10(15)13-11(8-14)6-3-4-7-11/h2,9,14H,1,3-8,12H2,(H,13,15). The van der Waals surface area contributed by atoms with Gasteiger partial charge in [0.2, 0.25) is 5.91 Å². The first-order chi connectivity index (χ1) is 7.13. The maximum atomic E-state index is 11.7. The molecule has 1 unspecified atom stereocenters. The molecule has 4 nitrogen and oxygen atoms in total. The van der Waals surface area contributed by atoms with Gasteiger partial charge in [-0.3, -0.25) is 4.79 Å². The van der Waals surface area contributed by atoms with Crippen LogP contribution in [0.3, 0.4) is 0 Å². The predicted octanol–water partition coefficient (Wildman–Crippen LogP) is 0.311. The number of amides is 1. The molecule has 0 spiro atoms. The Hall–Kier alpha value is -0.870. The molecule has 1 saturated carbocycles. The summed E-state index contributed by atoms with van der Waals surface area (Å²) in [7, 11) is 0. The Morgan fingerprint density at radius 1 is 1.60 bits per heavy atom. The van der Waals surface area contributed by atoms with Gasteiger partial charge in [0.15, 0.2) is 0 Å². The molecule has 1 fully saturated rings. The Kier molecular flexibility index (Phi) is 4.29. The zero-order valence-corrected chi connectivity index (χ0v) is 9.04. The first-order valence-electron chi connectivity index (χ1n) is 5.43. The summed E-state index contributed by atoms with van der Waals surface area (Å²) in [6.45, 7) is 3.54. The summed E-state index contributed by atoms with van der Waals surface area (Å²) in [6, 6.07) is -0.550. The van der Waals surface area contributed by atoms with Crippen LogP contribution in [0.15, 0.2) is 12.7 Å². The highest BCUT2D eigenvalue weighted by atomic mass is 16.3. The van der Waals surface area contributed by atoms with Crippen LogP contribution in [0.1, 0.15) is 32.1 Å². The Morgan fingerprint density at radius 2 is 2.20 bits per heavy atom. The maximum Gasteiger partial charge on any atom is 0.237 e. The molecule has 0 aromatic carbocycles. The van der Waals surface area contributed by atoms with Gasteiger partial charge >= 0.3 is 0 Å². The normalized spacial score (nSPS) is 20.9. The lowest BCUT2D eigenvalue weighted by Crippen LogP contribution is -2.54. The summed E-state index contributed by atoms with van der Waals surface area (Å²) < 4.78 is 0. The molecule has 1 atom stereocenters. The third-order valence-electron chi connectivity index (χ3n) is 3.01. The Balaban J connectivity index is 2.51. The average Bonchev–Trinajstić information content (AvgIpc) is 2.67. The number of aliphatic hydroxyl groups is 1. The fourth-order valence-corrected chi connectivity index (χ4v) is 2.02. The fourth-order valence-electron chi connectivity index (χ4n) is 2.02. The summed E-state index contributed by atoms with van der Waals surface area (Å²) in [5.74, 6) is -0.189. The van der Waals surface area contributed by atoms with E-state index in [2.05, 4.69) is 11.9 Å². The number of carbonyl (C=O) groups is 1. The van der Waals surface area contributed by atoms with Crippen molar-refractivity contribution >= 4 is 5.91 Å². The third kappa shape index (κ3) is 3.04. The predicted molar refractivity (Wildman–Crippen MR) is 59.2 cm³/mol. The molecule has 1 aliphatic carbocycles. The summed E-state index contributed by atoms with van der Waals surface area (Å²) >= 11 is 0. The lowest BCUT2D eigenvalue weighted by atomic mass is 9.98. The molecule has 1 aliphatic rings. The summed E-state index contributed by atoms with van der Waals surface area (Å²) in [4.78, 5) is 11.7. The van der Waals surface area contributed by atoms with Gasteiger partial charge in [-0.1, -0.05) is 18.9 Å². The number of nitrogens with two attached hydrogens (primary N) is 1.